The third kappa shape index (κ3) is 4.24. The molecule has 1 N–H and O–H groups in total. The van der Waals surface area contributed by atoms with Gasteiger partial charge in [0, 0.05) is 49.6 Å². The molecule has 23 heavy (non-hydrogen) atoms. The van der Waals surface area contributed by atoms with Gasteiger partial charge < -0.3 is 5.32 Å². The molecule has 1 aliphatic heterocycles. The summed E-state index contributed by atoms with van der Waals surface area (Å²) in [7, 11) is 0. The van der Waals surface area contributed by atoms with Crippen LogP contribution in [-0.2, 0) is 6.54 Å². The molecule has 1 atom stereocenters. The Kier molecular flexibility index (Phi) is 6.42. The van der Waals surface area contributed by atoms with Gasteiger partial charge in [0.15, 0.2) is 0 Å². The quantitative estimate of drug-likeness (QED) is 0.908. The summed E-state index contributed by atoms with van der Waals surface area (Å²) in [4.78, 5) is 6.81. The van der Waals surface area contributed by atoms with Gasteiger partial charge in [-0.3, -0.25) is 9.88 Å². The fourth-order valence-electron chi connectivity index (χ4n) is 3.23. The maximum atomic E-state index is 6.16. The van der Waals surface area contributed by atoms with Crippen LogP contribution in [0.1, 0.15) is 28.3 Å². The minimum Gasteiger partial charge on any atom is -0.314 e. The molecule has 1 saturated heterocycles. The van der Waals surface area contributed by atoms with Gasteiger partial charge in [-0.1, -0.05) is 17.7 Å². The van der Waals surface area contributed by atoms with E-state index in [9.17, 15) is 0 Å². The van der Waals surface area contributed by atoms with Gasteiger partial charge in [0.25, 0.3) is 0 Å². The molecule has 124 valence electrons. The number of aromatic nitrogens is 1. The minimum atomic E-state index is 0. The first-order valence-electron chi connectivity index (χ1n) is 7.75. The van der Waals surface area contributed by atoms with Crippen LogP contribution in [0.4, 0.5) is 0 Å². The van der Waals surface area contributed by atoms with Crippen LogP contribution in [0.2, 0.25) is 5.02 Å². The summed E-state index contributed by atoms with van der Waals surface area (Å²) >= 11 is 6.16. The number of halogens is 2. The lowest BCUT2D eigenvalue weighted by Gasteiger charge is -2.37. The lowest BCUT2D eigenvalue weighted by molar-refractivity contribution is 0.153. The van der Waals surface area contributed by atoms with E-state index in [2.05, 4.69) is 47.2 Å². The Labute approximate surface area is 149 Å². The molecular formula is C18H23Cl2N3. The molecule has 0 saturated carbocycles. The number of hydrogen-bond donors (Lipinski definition) is 1. The van der Waals surface area contributed by atoms with Crippen molar-refractivity contribution < 1.29 is 0 Å². The highest BCUT2D eigenvalue weighted by molar-refractivity contribution is 6.30. The van der Waals surface area contributed by atoms with Crippen LogP contribution in [0.5, 0.6) is 0 Å². The second-order valence-corrected chi connectivity index (χ2v) is 6.43. The first-order chi connectivity index (χ1) is 10.6. The lowest BCUT2D eigenvalue weighted by atomic mass is 9.99. The first-order valence-corrected chi connectivity index (χ1v) is 8.13. The summed E-state index contributed by atoms with van der Waals surface area (Å²) in [5, 5.41) is 4.32. The normalized spacial score (nSPS) is 18.5. The third-order valence-corrected chi connectivity index (χ3v) is 4.66. The number of aryl methyl sites for hydroxylation is 2. The molecule has 0 amide bonds. The van der Waals surface area contributed by atoms with Crippen molar-refractivity contribution in [2.45, 2.75) is 26.4 Å². The van der Waals surface area contributed by atoms with E-state index in [-0.39, 0.29) is 12.4 Å². The zero-order valence-electron chi connectivity index (χ0n) is 13.6. The Hall–Kier alpha value is -1.13. The highest BCUT2D eigenvalue weighted by Gasteiger charge is 2.24. The van der Waals surface area contributed by atoms with E-state index in [0.29, 0.717) is 6.04 Å². The molecule has 0 bridgehead atoms. The Morgan fingerprint density at radius 1 is 1.30 bits per heavy atom. The van der Waals surface area contributed by atoms with Gasteiger partial charge in [-0.15, -0.1) is 12.4 Å². The predicted molar refractivity (Wildman–Crippen MR) is 98.4 cm³/mol. The molecule has 2 aromatic rings. The maximum absolute atomic E-state index is 6.16. The van der Waals surface area contributed by atoms with Crippen LogP contribution >= 0.6 is 24.0 Å². The zero-order valence-corrected chi connectivity index (χ0v) is 15.1. The van der Waals surface area contributed by atoms with Gasteiger partial charge in [0.05, 0.1) is 0 Å². The monoisotopic (exact) mass is 351 g/mol. The fraction of sp³-hybridized carbons (Fsp3) is 0.389. The number of piperazine rings is 1. The molecule has 1 aliphatic rings. The number of hydrogen-bond acceptors (Lipinski definition) is 3. The van der Waals surface area contributed by atoms with Gasteiger partial charge in [0.1, 0.15) is 0 Å². The van der Waals surface area contributed by atoms with Crippen LogP contribution in [0, 0.1) is 13.8 Å². The zero-order chi connectivity index (χ0) is 15.5. The van der Waals surface area contributed by atoms with Crippen LogP contribution < -0.4 is 5.32 Å². The number of rotatable bonds is 3. The van der Waals surface area contributed by atoms with E-state index >= 15 is 0 Å². The molecule has 1 unspecified atom stereocenters. The van der Waals surface area contributed by atoms with Crippen LogP contribution in [0.15, 0.2) is 36.7 Å². The Morgan fingerprint density at radius 3 is 2.70 bits per heavy atom. The summed E-state index contributed by atoms with van der Waals surface area (Å²) in [5.74, 6) is 0. The Balaban J connectivity index is 0.00000192. The SMILES string of the molecule is Cc1cc(Cl)cc(C)c1CN1CCNCC1c1cccnc1.Cl. The Bertz CT molecular complexity index is 623. The first kappa shape index (κ1) is 18.2. The molecule has 0 spiro atoms. The Morgan fingerprint density at radius 2 is 2.04 bits per heavy atom. The topological polar surface area (TPSA) is 28.2 Å². The molecular weight excluding hydrogens is 329 g/mol. The average Bonchev–Trinajstić information content (AvgIpc) is 2.52. The highest BCUT2D eigenvalue weighted by Crippen LogP contribution is 2.27. The van der Waals surface area contributed by atoms with Crippen molar-refractivity contribution >= 4 is 24.0 Å². The van der Waals surface area contributed by atoms with Crippen molar-refractivity contribution in [2.75, 3.05) is 19.6 Å². The van der Waals surface area contributed by atoms with Crippen LogP contribution in [-0.4, -0.2) is 29.5 Å². The molecule has 0 radical (unpaired) electrons. The van der Waals surface area contributed by atoms with Gasteiger partial charge in [-0.2, -0.15) is 0 Å². The lowest BCUT2D eigenvalue weighted by Crippen LogP contribution is -2.45. The summed E-state index contributed by atoms with van der Waals surface area (Å²) in [5.41, 5.74) is 5.21. The van der Waals surface area contributed by atoms with E-state index in [1.54, 1.807) is 0 Å². The smallest absolute Gasteiger partial charge is 0.0491 e. The standard InChI is InChI=1S/C18H22ClN3.ClH/c1-13-8-16(19)9-14(2)17(13)12-22-7-6-21-11-18(22)15-4-3-5-20-10-15;/h3-5,8-10,18,21H,6-7,11-12H2,1-2H3;1H. The molecule has 1 aromatic carbocycles. The van der Waals surface area contributed by atoms with Gasteiger partial charge in [-0.25, -0.2) is 0 Å². The number of nitrogens with one attached hydrogen (secondary N) is 1. The average molecular weight is 352 g/mol. The molecule has 1 aromatic heterocycles. The summed E-state index contributed by atoms with van der Waals surface area (Å²) in [6.07, 6.45) is 3.81. The van der Waals surface area contributed by atoms with Crippen molar-refractivity contribution in [2.24, 2.45) is 0 Å². The molecule has 1 fully saturated rings. The second kappa shape index (κ2) is 8.11. The van der Waals surface area contributed by atoms with Crippen molar-refractivity contribution in [1.82, 2.24) is 15.2 Å². The molecule has 3 rings (SSSR count). The summed E-state index contributed by atoms with van der Waals surface area (Å²) in [6, 6.07) is 8.67. The number of pyridine rings is 1. The summed E-state index contributed by atoms with van der Waals surface area (Å²) < 4.78 is 0. The predicted octanol–water partition coefficient (Wildman–Crippen LogP) is 3.92. The van der Waals surface area contributed by atoms with E-state index in [1.165, 1.54) is 22.3 Å². The van der Waals surface area contributed by atoms with E-state index < -0.39 is 0 Å². The highest BCUT2D eigenvalue weighted by atomic mass is 35.5. The van der Waals surface area contributed by atoms with E-state index in [0.717, 1.165) is 31.2 Å². The largest absolute Gasteiger partial charge is 0.314 e. The van der Waals surface area contributed by atoms with Gasteiger partial charge in [-0.05, 0) is 54.3 Å². The maximum Gasteiger partial charge on any atom is 0.0491 e. The van der Waals surface area contributed by atoms with Crippen molar-refractivity contribution in [1.29, 1.82) is 0 Å². The molecule has 3 nitrogen and oxygen atoms in total. The van der Waals surface area contributed by atoms with Crippen molar-refractivity contribution in [3.05, 3.63) is 63.9 Å². The molecule has 2 heterocycles. The van der Waals surface area contributed by atoms with Gasteiger partial charge >= 0.3 is 0 Å². The molecule has 5 heteroatoms. The molecule has 0 aliphatic carbocycles. The third-order valence-electron chi connectivity index (χ3n) is 4.45. The number of nitrogens with zero attached hydrogens (tertiary/aromatic N) is 2. The van der Waals surface area contributed by atoms with E-state index in [1.807, 2.05) is 18.5 Å². The second-order valence-electron chi connectivity index (χ2n) is 5.99. The van der Waals surface area contributed by atoms with Crippen molar-refractivity contribution in [3.8, 4) is 0 Å². The van der Waals surface area contributed by atoms with Crippen molar-refractivity contribution in [3.63, 3.8) is 0 Å². The number of benzene rings is 1. The van der Waals surface area contributed by atoms with Gasteiger partial charge in [0.2, 0.25) is 0 Å². The minimum absolute atomic E-state index is 0. The summed E-state index contributed by atoms with van der Waals surface area (Å²) in [6.45, 7) is 8.29. The van der Waals surface area contributed by atoms with Crippen LogP contribution in [0.25, 0.3) is 0 Å². The van der Waals surface area contributed by atoms with E-state index in [4.69, 9.17) is 11.6 Å². The van der Waals surface area contributed by atoms with Crippen LogP contribution in [0.3, 0.4) is 0 Å². The fourth-order valence-corrected chi connectivity index (χ4v) is 3.56.